The first-order chi connectivity index (χ1) is 14.0. The normalized spacial score (nSPS) is 11.0. The maximum Gasteiger partial charge on any atom is 0.262 e. The smallest absolute Gasteiger partial charge is 0.262 e. The number of pyridine rings is 1. The molecule has 3 aromatic heterocycles. The number of rotatable bonds is 5. The first-order valence-electron chi connectivity index (χ1n) is 8.93. The van der Waals surface area contributed by atoms with Crippen LogP contribution in [-0.2, 0) is 13.1 Å². The third kappa shape index (κ3) is 3.79. The molecule has 1 aromatic carbocycles. The lowest BCUT2D eigenvalue weighted by Crippen LogP contribution is -2.23. The number of halogens is 1. The van der Waals surface area contributed by atoms with Crippen LogP contribution in [0.5, 0.6) is 0 Å². The van der Waals surface area contributed by atoms with Crippen molar-refractivity contribution in [2.45, 2.75) is 20.0 Å². The molecule has 0 aliphatic heterocycles. The van der Waals surface area contributed by atoms with E-state index in [0.717, 1.165) is 5.56 Å². The molecular formula is C21H17FN4O2S. The zero-order valence-electron chi connectivity index (χ0n) is 15.6. The summed E-state index contributed by atoms with van der Waals surface area (Å²) in [7, 11) is 0. The van der Waals surface area contributed by atoms with Gasteiger partial charge in [-0.3, -0.25) is 19.1 Å². The van der Waals surface area contributed by atoms with Crippen molar-refractivity contribution in [3.8, 4) is 0 Å². The zero-order chi connectivity index (χ0) is 20.4. The third-order valence-electron chi connectivity index (χ3n) is 4.60. The Morgan fingerprint density at radius 3 is 2.83 bits per heavy atom. The van der Waals surface area contributed by atoms with E-state index in [1.807, 2.05) is 6.07 Å². The fourth-order valence-electron chi connectivity index (χ4n) is 3.06. The van der Waals surface area contributed by atoms with Crippen molar-refractivity contribution in [1.29, 1.82) is 0 Å². The molecule has 0 aliphatic carbocycles. The Morgan fingerprint density at radius 1 is 1.24 bits per heavy atom. The number of aryl methyl sites for hydroxylation is 1. The van der Waals surface area contributed by atoms with Crippen LogP contribution < -0.4 is 10.9 Å². The number of nitrogens with zero attached hydrogens (tertiary/aromatic N) is 3. The van der Waals surface area contributed by atoms with Gasteiger partial charge in [-0.15, -0.1) is 11.3 Å². The standard InChI is InChI=1S/C21H17FN4O2S/c1-13-17-20(29-18(13)19(27)24-10-14-5-4-8-23-9-14)25-12-26(21(17)28)11-15-6-2-3-7-16(15)22/h2-9,12H,10-11H2,1H3,(H,24,27). The number of aromatic nitrogens is 3. The molecule has 1 N–H and O–H groups in total. The molecule has 0 aliphatic rings. The molecule has 4 aromatic rings. The van der Waals surface area contributed by atoms with Crippen molar-refractivity contribution in [2.24, 2.45) is 0 Å². The van der Waals surface area contributed by atoms with Crippen LogP contribution in [0.4, 0.5) is 4.39 Å². The average molecular weight is 408 g/mol. The van der Waals surface area contributed by atoms with Crippen molar-refractivity contribution in [3.05, 3.63) is 92.9 Å². The maximum atomic E-state index is 13.9. The Labute approximate surface area is 169 Å². The van der Waals surface area contributed by atoms with Gasteiger partial charge < -0.3 is 5.32 Å². The second kappa shape index (κ2) is 7.92. The number of fused-ring (bicyclic) bond motifs is 1. The van der Waals surface area contributed by atoms with Crippen LogP contribution in [0.3, 0.4) is 0 Å². The predicted octanol–water partition coefficient (Wildman–Crippen LogP) is 3.28. The number of carbonyl (C=O) groups is 1. The minimum atomic E-state index is -0.378. The topological polar surface area (TPSA) is 76.9 Å². The van der Waals surface area contributed by atoms with Gasteiger partial charge in [-0.2, -0.15) is 0 Å². The van der Waals surface area contributed by atoms with Crippen LogP contribution in [0.15, 0.2) is 59.9 Å². The molecule has 0 spiro atoms. The summed E-state index contributed by atoms with van der Waals surface area (Å²) in [5.74, 6) is -0.647. The van der Waals surface area contributed by atoms with Crippen molar-refractivity contribution in [1.82, 2.24) is 19.9 Å². The maximum absolute atomic E-state index is 13.9. The van der Waals surface area contributed by atoms with Gasteiger partial charge in [0.25, 0.3) is 11.5 Å². The predicted molar refractivity (Wildman–Crippen MR) is 110 cm³/mol. The van der Waals surface area contributed by atoms with Crippen molar-refractivity contribution < 1.29 is 9.18 Å². The highest BCUT2D eigenvalue weighted by Gasteiger charge is 2.19. The largest absolute Gasteiger partial charge is 0.347 e. The Balaban J connectivity index is 1.63. The molecule has 8 heteroatoms. The monoisotopic (exact) mass is 408 g/mol. The molecule has 0 saturated carbocycles. The number of amides is 1. The minimum absolute atomic E-state index is 0.0757. The lowest BCUT2D eigenvalue weighted by Gasteiger charge is -2.06. The first-order valence-corrected chi connectivity index (χ1v) is 9.75. The van der Waals surface area contributed by atoms with E-state index in [4.69, 9.17) is 0 Å². The van der Waals surface area contributed by atoms with Gasteiger partial charge >= 0.3 is 0 Å². The average Bonchev–Trinajstić information content (AvgIpc) is 3.08. The highest BCUT2D eigenvalue weighted by molar-refractivity contribution is 7.20. The molecule has 3 heterocycles. The van der Waals surface area contributed by atoms with Crippen molar-refractivity contribution >= 4 is 27.5 Å². The van der Waals surface area contributed by atoms with E-state index in [2.05, 4.69) is 15.3 Å². The van der Waals surface area contributed by atoms with E-state index in [1.165, 1.54) is 28.3 Å². The lowest BCUT2D eigenvalue weighted by molar-refractivity contribution is 0.0954. The number of benzene rings is 1. The summed E-state index contributed by atoms with van der Waals surface area (Å²) < 4.78 is 15.3. The molecule has 0 unspecified atom stereocenters. The van der Waals surface area contributed by atoms with E-state index in [1.54, 1.807) is 43.6 Å². The van der Waals surface area contributed by atoms with E-state index in [9.17, 15) is 14.0 Å². The summed E-state index contributed by atoms with van der Waals surface area (Å²) in [5, 5.41) is 3.23. The third-order valence-corrected chi connectivity index (χ3v) is 5.80. The molecule has 0 atom stereocenters. The zero-order valence-corrected chi connectivity index (χ0v) is 16.4. The molecule has 146 valence electrons. The van der Waals surface area contributed by atoms with Crippen LogP contribution in [0.2, 0.25) is 0 Å². The molecule has 0 bridgehead atoms. The Morgan fingerprint density at radius 2 is 2.07 bits per heavy atom. The number of hydrogen-bond donors (Lipinski definition) is 1. The molecular weight excluding hydrogens is 391 g/mol. The summed E-state index contributed by atoms with van der Waals surface area (Å²) in [6.07, 6.45) is 4.74. The Bertz CT molecular complexity index is 1250. The fourth-order valence-corrected chi connectivity index (χ4v) is 4.12. The van der Waals surface area contributed by atoms with Crippen molar-refractivity contribution in [3.63, 3.8) is 0 Å². The molecule has 6 nitrogen and oxygen atoms in total. The molecule has 0 fully saturated rings. The number of hydrogen-bond acceptors (Lipinski definition) is 5. The van der Waals surface area contributed by atoms with E-state index >= 15 is 0 Å². The van der Waals surface area contributed by atoms with Gasteiger partial charge in [0.05, 0.1) is 23.1 Å². The second-order valence-corrected chi connectivity index (χ2v) is 7.55. The van der Waals surface area contributed by atoms with Crippen LogP contribution in [0.25, 0.3) is 10.2 Å². The van der Waals surface area contributed by atoms with Crippen molar-refractivity contribution in [2.75, 3.05) is 0 Å². The number of thiophene rings is 1. The van der Waals surface area contributed by atoms with Crippen LogP contribution >= 0.6 is 11.3 Å². The highest BCUT2D eigenvalue weighted by Crippen LogP contribution is 2.27. The molecule has 4 rings (SSSR count). The highest BCUT2D eigenvalue weighted by atomic mass is 32.1. The van der Waals surface area contributed by atoms with Crippen LogP contribution in [-0.4, -0.2) is 20.4 Å². The minimum Gasteiger partial charge on any atom is -0.347 e. The van der Waals surface area contributed by atoms with Gasteiger partial charge in [-0.05, 0) is 30.2 Å². The van der Waals surface area contributed by atoms with Gasteiger partial charge in [0, 0.05) is 24.5 Å². The van der Waals surface area contributed by atoms with Crippen LogP contribution in [0, 0.1) is 12.7 Å². The van der Waals surface area contributed by atoms with Crippen LogP contribution in [0.1, 0.15) is 26.4 Å². The summed E-state index contributed by atoms with van der Waals surface area (Å²) >= 11 is 1.17. The summed E-state index contributed by atoms with van der Waals surface area (Å²) in [4.78, 5) is 34.9. The SMILES string of the molecule is Cc1c(C(=O)NCc2cccnc2)sc2ncn(Cc3ccccc3F)c(=O)c12. The number of carbonyl (C=O) groups excluding carboxylic acids is 1. The summed E-state index contributed by atoms with van der Waals surface area (Å²) in [6, 6.07) is 9.97. The Hall–Kier alpha value is -3.39. The molecule has 1 amide bonds. The quantitative estimate of drug-likeness (QED) is 0.550. The van der Waals surface area contributed by atoms with Gasteiger partial charge in [-0.25, -0.2) is 9.37 Å². The van der Waals surface area contributed by atoms with E-state index in [-0.39, 0.29) is 23.8 Å². The summed E-state index contributed by atoms with van der Waals surface area (Å²) in [5.41, 5.74) is 1.57. The van der Waals surface area contributed by atoms with Gasteiger partial charge in [-0.1, -0.05) is 24.3 Å². The summed E-state index contributed by atoms with van der Waals surface area (Å²) in [6.45, 7) is 2.14. The first kappa shape index (κ1) is 18.9. The molecule has 29 heavy (non-hydrogen) atoms. The second-order valence-electron chi connectivity index (χ2n) is 6.55. The Kier molecular flexibility index (Phi) is 5.18. The van der Waals surface area contributed by atoms with E-state index < -0.39 is 0 Å². The molecule has 0 radical (unpaired) electrons. The lowest BCUT2D eigenvalue weighted by atomic mass is 10.2. The van der Waals surface area contributed by atoms with Gasteiger partial charge in [0.15, 0.2) is 0 Å². The molecule has 0 saturated heterocycles. The van der Waals surface area contributed by atoms with Gasteiger partial charge in [0.2, 0.25) is 0 Å². The van der Waals surface area contributed by atoms with Gasteiger partial charge in [0.1, 0.15) is 10.6 Å². The van der Waals surface area contributed by atoms with E-state index in [0.29, 0.717) is 32.8 Å². The fraction of sp³-hybridized carbons (Fsp3) is 0.143. The number of nitrogens with one attached hydrogen (secondary N) is 1.